The van der Waals surface area contributed by atoms with Crippen LogP contribution in [0.3, 0.4) is 0 Å². The summed E-state index contributed by atoms with van der Waals surface area (Å²) in [7, 11) is 0. The molecule has 0 radical (unpaired) electrons. The minimum Gasteiger partial charge on any atom is -0.452 e. The van der Waals surface area contributed by atoms with Gasteiger partial charge in [-0.25, -0.2) is 4.79 Å². The Hall–Kier alpha value is -2.74. The van der Waals surface area contributed by atoms with Crippen LogP contribution in [0.1, 0.15) is 31.2 Å². The Morgan fingerprint density at radius 2 is 1.84 bits per heavy atom. The van der Waals surface area contributed by atoms with Crippen LogP contribution in [0.5, 0.6) is 0 Å². The highest BCUT2D eigenvalue weighted by Crippen LogP contribution is 2.20. The Morgan fingerprint density at radius 1 is 1.16 bits per heavy atom. The Kier molecular flexibility index (Phi) is 7.58. The molecular weight excluding hydrogens is 316 g/mol. The second-order valence-corrected chi connectivity index (χ2v) is 5.91. The Balaban J connectivity index is 1.81. The highest BCUT2D eigenvalue weighted by molar-refractivity contribution is 5.89. The maximum absolute atomic E-state index is 11.6. The third-order valence-corrected chi connectivity index (χ3v) is 4.01. The van der Waals surface area contributed by atoms with Crippen LogP contribution in [-0.4, -0.2) is 38.1 Å². The number of carbonyl (C=O) groups excluding carboxylic acids is 2. The maximum atomic E-state index is 11.6. The highest BCUT2D eigenvalue weighted by atomic mass is 16.5. The number of anilines is 1. The van der Waals surface area contributed by atoms with Crippen LogP contribution in [0.4, 0.5) is 5.69 Å². The minimum atomic E-state index is -0.563. The zero-order chi connectivity index (χ0) is 17.9. The highest BCUT2D eigenvalue weighted by Gasteiger charge is 2.09. The summed E-state index contributed by atoms with van der Waals surface area (Å²) < 4.78 is 4.84. The van der Waals surface area contributed by atoms with Gasteiger partial charge in [0, 0.05) is 24.9 Å². The van der Waals surface area contributed by atoms with Gasteiger partial charge in [0.15, 0.2) is 6.61 Å². The molecule has 0 bridgehead atoms. The molecule has 0 aromatic heterocycles. The number of hydrogen-bond donors (Lipinski definition) is 1. The van der Waals surface area contributed by atoms with Crippen molar-refractivity contribution in [2.75, 3.05) is 31.1 Å². The van der Waals surface area contributed by atoms with Gasteiger partial charge in [-0.15, -0.1) is 6.42 Å². The van der Waals surface area contributed by atoms with Crippen LogP contribution in [0.25, 0.3) is 6.08 Å². The summed E-state index contributed by atoms with van der Waals surface area (Å²) in [5, 5.41) is 2.42. The molecule has 1 aromatic carbocycles. The van der Waals surface area contributed by atoms with E-state index in [-0.39, 0.29) is 13.2 Å². The molecule has 5 heteroatoms. The summed E-state index contributed by atoms with van der Waals surface area (Å²) >= 11 is 0. The van der Waals surface area contributed by atoms with Crippen molar-refractivity contribution in [2.24, 2.45) is 0 Å². The lowest BCUT2D eigenvalue weighted by Crippen LogP contribution is -2.28. The summed E-state index contributed by atoms with van der Waals surface area (Å²) in [5.74, 6) is 1.30. The van der Waals surface area contributed by atoms with Crippen molar-refractivity contribution in [1.82, 2.24) is 5.32 Å². The van der Waals surface area contributed by atoms with Crippen molar-refractivity contribution in [3.05, 3.63) is 35.9 Å². The van der Waals surface area contributed by atoms with Gasteiger partial charge in [-0.3, -0.25) is 4.79 Å². The van der Waals surface area contributed by atoms with E-state index in [1.165, 1.54) is 37.4 Å². The average molecular weight is 340 g/mol. The van der Waals surface area contributed by atoms with Gasteiger partial charge in [0.1, 0.15) is 0 Å². The Labute approximate surface area is 149 Å². The summed E-state index contributed by atoms with van der Waals surface area (Å²) in [6.45, 7) is 1.99. The van der Waals surface area contributed by atoms with Crippen molar-refractivity contribution < 1.29 is 14.3 Å². The quantitative estimate of drug-likeness (QED) is 0.491. The molecule has 0 unspecified atom stereocenters. The summed E-state index contributed by atoms with van der Waals surface area (Å²) in [6, 6.07) is 8.10. The monoisotopic (exact) mass is 340 g/mol. The topological polar surface area (TPSA) is 58.6 Å². The molecule has 0 atom stereocenters. The van der Waals surface area contributed by atoms with E-state index < -0.39 is 11.9 Å². The van der Waals surface area contributed by atoms with Crippen molar-refractivity contribution in [1.29, 1.82) is 0 Å². The van der Waals surface area contributed by atoms with Crippen molar-refractivity contribution in [3.8, 4) is 12.3 Å². The first-order chi connectivity index (χ1) is 12.2. The van der Waals surface area contributed by atoms with Gasteiger partial charge < -0.3 is 15.0 Å². The molecule has 1 saturated heterocycles. The molecule has 1 amide bonds. The third kappa shape index (κ3) is 6.72. The number of terminal acetylenes is 1. The van der Waals surface area contributed by atoms with Gasteiger partial charge >= 0.3 is 5.97 Å². The summed E-state index contributed by atoms with van der Waals surface area (Å²) in [4.78, 5) is 25.3. The fraction of sp³-hybridized carbons (Fsp3) is 0.400. The number of amides is 1. The number of rotatable bonds is 6. The number of carbonyl (C=O) groups is 2. The SMILES string of the molecule is C#CCNC(=O)COC(=O)/C=C/c1ccc(N2CCCCCC2)cc1. The van der Waals surface area contributed by atoms with Crippen LogP contribution < -0.4 is 10.2 Å². The lowest BCUT2D eigenvalue weighted by molar-refractivity contribution is -0.143. The normalized spacial score (nSPS) is 14.6. The molecule has 0 aliphatic carbocycles. The van der Waals surface area contributed by atoms with E-state index in [2.05, 4.69) is 28.3 Å². The summed E-state index contributed by atoms with van der Waals surface area (Å²) in [6.07, 6.45) is 13.1. The third-order valence-electron chi connectivity index (χ3n) is 4.01. The van der Waals surface area contributed by atoms with Crippen LogP contribution in [0.2, 0.25) is 0 Å². The molecule has 5 nitrogen and oxygen atoms in total. The van der Waals surface area contributed by atoms with Crippen molar-refractivity contribution in [3.63, 3.8) is 0 Å². The zero-order valence-electron chi connectivity index (χ0n) is 14.4. The molecule has 2 rings (SSSR count). The molecule has 1 fully saturated rings. The van der Waals surface area contributed by atoms with Gasteiger partial charge in [0.25, 0.3) is 5.91 Å². The summed E-state index contributed by atoms with van der Waals surface area (Å²) in [5.41, 5.74) is 2.12. The van der Waals surface area contributed by atoms with E-state index >= 15 is 0 Å². The smallest absolute Gasteiger partial charge is 0.331 e. The molecule has 1 aliphatic heterocycles. The number of benzene rings is 1. The fourth-order valence-electron chi connectivity index (χ4n) is 2.67. The lowest BCUT2D eigenvalue weighted by Gasteiger charge is -2.22. The predicted octanol–water partition coefficient (Wildman–Crippen LogP) is 2.37. The molecule has 0 saturated carbocycles. The number of nitrogens with one attached hydrogen (secondary N) is 1. The van der Waals surface area contributed by atoms with E-state index in [1.807, 2.05) is 12.1 Å². The first kappa shape index (κ1) is 18.6. The van der Waals surface area contributed by atoms with E-state index in [4.69, 9.17) is 11.2 Å². The van der Waals surface area contributed by atoms with Gasteiger partial charge in [-0.1, -0.05) is 30.9 Å². The molecule has 0 spiro atoms. The van der Waals surface area contributed by atoms with Gasteiger partial charge in [0.2, 0.25) is 0 Å². The predicted molar refractivity (Wildman–Crippen MR) is 99.0 cm³/mol. The lowest BCUT2D eigenvalue weighted by atomic mass is 10.1. The number of nitrogens with zero attached hydrogens (tertiary/aromatic N) is 1. The van der Waals surface area contributed by atoms with Crippen molar-refractivity contribution in [2.45, 2.75) is 25.7 Å². The van der Waals surface area contributed by atoms with Crippen molar-refractivity contribution >= 4 is 23.6 Å². The van der Waals surface area contributed by atoms with Crippen LogP contribution in [0.15, 0.2) is 30.3 Å². The van der Waals surface area contributed by atoms with Gasteiger partial charge in [-0.2, -0.15) is 0 Å². The first-order valence-corrected chi connectivity index (χ1v) is 8.59. The van der Waals surface area contributed by atoms with E-state index in [1.54, 1.807) is 6.08 Å². The van der Waals surface area contributed by atoms with E-state index in [0.717, 1.165) is 18.7 Å². The van der Waals surface area contributed by atoms with Gasteiger partial charge in [0.05, 0.1) is 6.54 Å². The van der Waals surface area contributed by atoms with Crippen LogP contribution in [-0.2, 0) is 14.3 Å². The average Bonchev–Trinajstić information content (AvgIpc) is 2.93. The first-order valence-electron chi connectivity index (χ1n) is 8.59. The number of ether oxygens (including phenoxy) is 1. The second kappa shape index (κ2) is 10.2. The molecular formula is C20H24N2O3. The minimum absolute atomic E-state index is 0.121. The second-order valence-electron chi connectivity index (χ2n) is 5.91. The Bertz CT molecular complexity index is 636. The molecule has 1 aliphatic rings. The molecule has 132 valence electrons. The molecule has 1 aromatic rings. The molecule has 25 heavy (non-hydrogen) atoms. The van der Waals surface area contributed by atoms with Crippen LogP contribution >= 0.6 is 0 Å². The van der Waals surface area contributed by atoms with E-state index in [0.29, 0.717) is 0 Å². The fourth-order valence-corrected chi connectivity index (χ4v) is 2.67. The zero-order valence-corrected chi connectivity index (χ0v) is 14.4. The van der Waals surface area contributed by atoms with Gasteiger partial charge in [-0.05, 0) is 36.6 Å². The molecule has 1 N–H and O–H groups in total. The largest absolute Gasteiger partial charge is 0.452 e. The number of hydrogen-bond acceptors (Lipinski definition) is 4. The standard InChI is InChI=1S/C20H24N2O3/c1-2-13-21-19(23)16-25-20(24)12-9-17-7-10-18(11-8-17)22-14-5-3-4-6-15-22/h1,7-12H,3-6,13-16H2,(H,21,23)/b12-9+. The number of esters is 1. The Morgan fingerprint density at radius 3 is 2.48 bits per heavy atom. The molecule has 1 heterocycles. The van der Waals surface area contributed by atoms with E-state index in [9.17, 15) is 9.59 Å². The maximum Gasteiger partial charge on any atom is 0.331 e. The van der Waals surface area contributed by atoms with Crippen LogP contribution in [0, 0.1) is 12.3 Å².